The molecule has 0 spiro atoms. The summed E-state index contributed by atoms with van der Waals surface area (Å²) in [6, 6.07) is -0.156. The molecule has 0 amide bonds. The van der Waals surface area contributed by atoms with Crippen LogP contribution in [0.5, 0.6) is 0 Å². The van der Waals surface area contributed by atoms with Crippen LogP contribution in [0.4, 0.5) is 0 Å². The van der Waals surface area contributed by atoms with Crippen LogP contribution in [0.25, 0.3) is 0 Å². The van der Waals surface area contributed by atoms with Crippen LogP contribution in [0.3, 0.4) is 0 Å². The number of H-pyrrole nitrogens is 1. The quantitative estimate of drug-likeness (QED) is 0.774. The van der Waals surface area contributed by atoms with Crippen molar-refractivity contribution in [2.24, 2.45) is 5.73 Å². The zero-order valence-electron chi connectivity index (χ0n) is 9.30. The van der Waals surface area contributed by atoms with Gasteiger partial charge in [0.1, 0.15) is 5.82 Å². The molecule has 0 radical (unpaired) electrons. The van der Waals surface area contributed by atoms with E-state index in [9.17, 15) is 0 Å². The third kappa shape index (κ3) is 2.27. The normalized spacial score (nSPS) is 12.9. The largest absolute Gasteiger partial charge is 0.335 e. The first-order valence-electron chi connectivity index (χ1n) is 5.42. The zero-order valence-corrected chi connectivity index (χ0v) is 9.30. The minimum atomic E-state index is -0.156. The predicted octanol–water partition coefficient (Wildman–Crippen LogP) is 0.654. The van der Waals surface area contributed by atoms with E-state index >= 15 is 0 Å². The molecule has 2 aromatic rings. The number of nitrogens with one attached hydrogen (secondary N) is 1. The molecular weight excluding hydrogens is 204 g/mol. The molecule has 0 aliphatic carbocycles. The van der Waals surface area contributed by atoms with Gasteiger partial charge in [0, 0.05) is 25.4 Å². The molecular formula is C10H16N6. The van der Waals surface area contributed by atoms with Crippen LogP contribution in [-0.2, 0) is 13.0 Å². The first-order chi connectivity index (χ1) is 7.81. The van der Waals surface area contributed by atoms with E-state index in [0.717, 1.165) is 24.5 Å². The maximum atomic E-state index is 6.02. The Balaban J connectivity index is 2.06. The Morgan fingerprint density at radius 3 is 3.12 bits per heavy atom. The Bertz CT molecular complexity index is 418. The number of nitrogens with two attached hydrogens (primary N) is 1. The molecule has 0 saturated carbocycles. The number of aromatic amines is 1. The SMILES string of the molecule is CCCn1ccnc1CC(N)c1cn[nH]n1. The van der Waals surface area contributed by atoms with Gasteiger partial charge >= 0.3 is 0 Å². The number of aromatic nitrogens is 5. The second-order valence-corrected chi connectivity index (χ2v) is 3.74. The van der Waals surface area contributed by atoms with E-state index in [1.807, 2.05) is 6.20 Å². The van der Waals surface area contributed by atoms with Crippen LogP contribution < -0.4 is 5.73 Å². The lowest BCUT2D eigenvalue weighted by atomic mass is 10.1. The molecule has 2 aromatic heterocycles. The van der Waals surface area contributed by atoms with Gasteiger partial charge in [0.2, 0.25) is 0 Å². The smallest absolute Gasteiger partial charge is 0.110 e. The maximum Gasteiger partial charge on any atom is 0.110 e. The molecule has 86 valence electrons. The van der Waals surface area contributed by atoms with Crippen molar-refractivity contribution in [3.05, 3.63) is 30.1 Å². The summed E-state index contributed by atoms with van der Waals surface area (Å²) in [7, 11) is 0. The fraction of sp³-hybridized carbons (Fsp3) is 0.500. The van der Waals surface area contributed by atoms with Gasteiger partial charge in [-0.25, -0.2) is 4.98 Å². The highest BCUT2D eigenvalue weighted by atomic mass is 15.3. The van der Waals surface area contributed by atoms with E-state index in [1.165, 1.54) is 0 Å². The van der Waals surface area contributed by atoms with E-state index in [4.69, 9.17) is 5.73 Å². The molecule has 1 unspecified atom stereocenters. The molecule has 2 rings (SSSR count). The third-order valence-electron chi connectivity index (χ3n) is 2.48. The topological polar surface area (TPSA) is 85.4 Å². The maximum absolute atomic E-state index is 6.02. The lowest BCUT2D eigenvalue weighted by Crippen LogP contribution is -2.17. The molecule has 16 heavy (non-hydrogen) atoms. The summed E-state index contributed by atoms with van der Waals surface area (Å²) in [5, 5.41) is 10.3. The van der Waals surface area contributed by atoms with Crippen LogP contribution in [-0.4, -0.2) is 25.0 Å². The molecule has 3 N–H and O–H groups in total. The third-order valence-corrected chi connectivity index (χ3v) is 2.48. The van der Waals surface area contributed by atoms with Gasteiger partial charge in [0.25, 0.3) is 0 Å². The van der Waals surface area contributed by atoms with Gasteiger partial charge in [0.15, 0.2) is 0 Å². The highest BCUT2D eigenvalue weighted by molar-refractivity contribution is 5.04. The number of hydrogen-bond donors (Lipinski definition) is 2. The zero-order chi connectivity index (χ0) is 11.4. The first kappa shape index (κ1) is 10.8. The average Bonchev–Trinajstić information content (AvgIpc) is 2.90. The summed E-state index contributed by atoms with van der Waals surface area (Å²) in [6.45, 7) is 3.11. The number of imidazole rings is 1. The van der Waals surface area contributed by atoms with Gasteiger partial charge in [-0.3, -0.25) is 0 Å². The molecule has 0 bridgehead atoms. The Morgan fingerprint density at radius 2 is 2.44 bits per heavy atom. The van der Waals surface area contributed by atoms with Crippen molar-refractivity contribution in [2.45, 2.75) is 32.4 Å². The van der Waals surface area contributed by atoms with Gasteiger partial charge < -0.3 is 10.3 Å². The van der Waals surface area contributed by atoms with E-state index in [-0.39, 0.29) is 6.04 Å². The van der Waals surface area contributed by atoms with Gasteiger partial charge in [-0.15, -0.1) is 0 Å². The Morgan fingerprint density at radius 1 is 1.56 bits per heavy atom. The van der Waals surface area contributed by atoms with Crippen LogP contribution in [0, 0.1) is 0 Å². The van der Waals surface area contributed by atoms with E-state index in [0.29, 0.717) is 6.42 Å². The summed E-state index contributed by atoms with van der Waals surface area (Å²) < 4.78 is 2.12. The summed E-state index contributed by atoms with van der Waals surface area (Å²) in [5.74, 6) is 0.998. The molecule has 0 saturated heterocycles. The van der Waals surface area contributed by atoms with Crippen molar-refractivity contribution >= 4 is 0 Å². The predicted molar refractivity (Wildman–Crippen MR) is 59.5 cm³/mol. The number of hydrogen-bond acceptors (Lipinski definition) is 4. The first-order valence-corrected chi connectivity index (χ1v) is 5.42. The van der Waals surface area contributed by atoms with Crippen LogP contribution in [0.1, 0.15) is 30.9 Å². The minimum Gasteiger partial charge on any atom is -0.335 e. The fourth-order valence-corrected chi connectivity index (χ4v) is 1.66. The van der Waals surface area contributed by atoms with Gasteiger partial charge in [-0.2, -0.15) is 15.4 Å². The summed E-state index contributed by atoms with van der Waals surface area (Å²) in [4.78, 5) is 4.31. The fourth-order valence-electron chi connectivity index (χ4n) is 1.66. The number of rotatable bonds is 5. The van der Waals surface area contributed by atoms with Gasteiger partial charge in [-0.1, -0.05) is 6.92 Å². The standard InChI is InChI=1S/C10H16N6/c1-2-4-16-5-3-12-10(16)6-8(11)9-7-13-15-14-9/h3,5,7-8H,2,4,6,11H2,1H3,(H,13,14,15). The minimum absolute atomic E-state index is 0.156. The van der Waals surface area contributed by atoms with E-state index in [2.05, 4.69) is 31.9 Å². The van der Waals surface area contributed by atoms with Crippen molar-refractivity contribution in [3.8, 4) is 0 Å². The molecule has 6 nitrogen and oxygen atoms in total. The van der Waals surface area contributed by atoms with Crippen molar-refractivity contribution in [3.63, 3.8) is 0 Å². The highest BCUT2D eigenvalue weighted by Gasteiger charge is 2.12. The molecule has 1 atom stereocenters. The van der Waals surface area contributed by atoms with Crippen molar-refractivity contribution in [2.75, 3.05) is 0 Å². The Hall–Kier alpha value is -1.69. The van der Waals surface area contributed by atoms with Crippen LogP contribution in [0.15, 0.2) is 18.6 Å². The molecule has 6 heteroatoms. The van der Waals surface area contributed by atoms with E-state index in [1.54, 1.807) is 12.4 Å². The van der Waals surface area contributed by atoms with Crippen molar-refractivity contribution in [1.29, 1.82) is 0 Å². The summed E-state index contributed by atoms with van der Waals surface area (Å²) in [5.41, 5.74) is 6.79. The lowest BCUT2D eigenvalue weighted by Gasteiger charge is -2.10. The summed E-state index contributed by atoms with van der Waals surface area (Å²) >= 11 is 0. The van der Waals surface area contributed by atoms with Crippen LogP contribution in [0.2, 0.25) is 0 Å². The average molecular weight is 220 g/mol. The Labute approximate surface area is 93.9 Å². The second kappa shape index (κ2) is 4.89. The molecule has 0 aliphatic rings. The van der Waals surface area contributed by atoms with Gasteiger partial charge in [-0.05, 0) is 6.42 Å². The number of aryl methyl sites for hydroxylation is 1. The molecule has 2 heterocycles. The molecule has 0 fully saturated rings. The highest BCUT2D eigenvalue weighted by Crippen LogP contribution is 2.11. The van der Waals surface area contributed by atoms with Crippen molar-refractivity contribution in [1.82, 2.24) is 25.0 Å². The van der Waals surface area contributed by atoms with Gasteiger partial charge in [0.05, 0.1) is 17.9 Å². The monoisotopic (exact) mass is 220 g/mol. The number of nitrogens with zero attached hydrogens (tertiary/aromatic N) is 4. The van der Waals surface area contributed by atoms with Crippen LogP contribution >= 0.6 is 0 Å². The van der Waals surface area contributed by atoms with Crippen molar-refractivity contribution < 1.29 is 0 Å². The lowest BCUT2D eigenvalue weighted by molar-refractivity contribution is 0.591. The Kier molecular flexibility index (Phi) is 3.31. The molecule has 0 aliphatic heterocycles. The van der Waals surface area contributed by atoms with E-state index < -0.39 is 0 Å². The molecule has 0 aromatic carbocycles. The second-order valence-electron chi connectivity index (χ2n) is 3.74. The summed E-state index contributed by atoms with van der Waals surface area (Å²) in [6.07, 6.45) is 7.20.